The Morgan fingerprint density at radius 2 is 2.00 bits per heavy atom. The van der Waals surface area contributed by atoms with Crippen molar-refractivity contribution in [2.24, 2.45) is 11.3 Å². The van der Waals surface area contributed by atoms with Gasteiger partial charge in [-0.05, 0) is 45.4 Å². The summed E-state index contributed by atoms with van der Waals surface area (Å²) in [5.74, 6) is 0.00628. The van der Waals surface area contributed by atoms with Gasteiger partial charge >= 0.3 is 14.5 Å². The van der Waals surface area contributed by atoms with E-state index < -0.39 is 14.2 Å². The van der Waals surface area contributed by atoms with Crippen LogP contribution in [0.25, 0.3) is 0 Å². The number of carbonyl (C=O) groups is 1. The Labute approximate surface area is 165 Å². The first-order valence-electron chi connectivity index (χ1n) is 9.91. The lowest BCUT2D eigenvalue weighted by Crippen LogP contribution is -2.40. The molecule has 0 N–H and O–H groups in total. The molecule has 0 aromatic carbocycles. The first-order valence-corrected chi connectivity index (χ1v) is 11.9. The van der Waals surface area contributed by atoms with Crippen molar-refractivity contribution in [3.63, 3.8) is 0 Å². The average molecular weight is 393 g/mol. The molecule has 0 aromatic rings. The highest BCUT2D eigenvalue weighted by atomic mass is 28.4. The Balaban J connectivity index is 2.38. The third kappa shape index (κ3) is 4.30. The van der Waals surface area contributed by atoms with Crippen LogP contribution in [0.4, 0.5) is 0 Å². The van der Waals surface area contributed by atoms with E-state index in [0.29, 0.717) is 0 Å². The number of ether oxygens (including phenoxy) is 1. The molecule has 2 aliphatic rings. The van der Waals surface area contributed by atoms with Crippen LogP contribution in [0.5, 0.6) is 0 Å². The van der Waals surface area contributed by atoms with Gasteiger partial charge in [-0.3, -0.25) is 4.79 Å². The highest BCUT2D eigenvalue weighted by molar-refractivity contribution is 6.77. The second-order valence-corrected chi connectivity index (χ2v) is 12.2. The van der Waals surface area contributed by atoms with Crippen molar-refractivity contribution >= 4 is 14.5 Å². The van der Waals surface area contributed by atoms with Crippen molar-refractivity contribution < 1.29 is 18.4 Å². The van der Waals surface area contributed by atoms with Crippen LogP contribution in [0, 0.1) is 11.3 Å². The molecule has 0 aromatic heterocycles. The van der Waals surface area contributed by atoms with E-state index in [1.54, 1.807) is 0 Å². The summed E-state index contributed by atoms with van der Waals surface area (Å²) in [6.45, 7) is 20.3. The van der Waals surface area contributed by atoms with Crippen LogP contribution in [0.2, 0.25) is 6.04 Å². The van der Waals surface area contributed by atoms with E-state index in [4.69, 9.17) is 13.6 Å². The summed E-state index contributed by atoms with van der Waals surface area (Å²) in [7, 11) is -2.61. The van der Waals surface area contributed by atoms with Crippen molar-refractivity contribution in [1.82, 2.24) is 0 Å². The van der Waals surface area contributed by atoms with E-state index in [-0.39, 0.29) is 35.9 Å². The molecular weight excluding hydrogens is 356 g/mol. The molecule has 2 aliphatic heterocycles. The number of esters is 1. The van der Waals surface area contributed by atoms with Gasteiger partial charge < -0.3 is 13.6 Å². The van der Waals surface area contributed by atoms with Crippen molar-refractivity contribution in [2.45, 2.75) is 85.7 Å². The molecule has 1 fully saturated rings. The maximum absolute atomic E-state index is 12.5. The van der Waals surface area contributed by atoms with Crippen LogP contribution in [0.3, 0.4) is 0 Å². The van der Waals surface area contributed by atoms with Gasteiger partial charge in [0.2, 0.25) is 0 Å². The number of rotatable bonds is 6. The zero-order valence-corrected chi connectivity index (χ0v) is 19.2. The van der Waals surface area contributed by atoms with E-state index in [2.05, 4.69) is 40.3 Å². The van der Waals surface area contributed by atoms with E-state index >= 15 is 0 Å². The molecule has 0 saturated carbocycles. The van der Waals surface area contributed by atoms with Gasteiger partial charge in [0.25, 0.3) is 0 Å². The Morgan fingerprint density at radius 3 is 2.52 bits per heavy atom. The smallest absolute Gasteiger partial charge is 0.373 e. The summed E-state index contributed by atoms with van der Waals surface area (Å²) >= 11 is 0. The van der Waals surface area contributed by atoms with Gasteiger partial charge in [0.15, 0.2) is 0 Å². The summed E-state index contributed by atoms with van der Waals surface area (Å²) in [4.78, 5) is 12.5. The Kier molecular flexibility index (Phi) is 6.30. The Morgan fingerprint density at radius 1 is 1.37 bits per heavy atom. The standard InChI is InChI=1S/C22H36O4Si/c1-10-12-13-27-20(16(4)19(26-27)15(3)11-2)22(8,9)17(25-27)14-18(23)24-21(5,6)7/h10-12,15,17,19H,2,13-14H2,1,3-9H3/b12-10-/t15-,17-,19?,27?/m0/s1. The number of fused-ring (bicyclic) bond motifs is 1. The van der Waals surface area contributed by atoms with Gasteiger partial charge in [-0.25, -0.2) is 0 Å². The molecule has 27 heavy (non-hydrogen) atoms. The fraction of sp³-hybridized carbons (Fsp3) is 0.682. The lowest BCUT2D eigenvalue weighted by atomic mass is 9.81. The molecule has 4 atom stereocenters. The predicted octanol–water partition coefficient (Wildman–Crippen LogP) is 5.24. The minimum absolute atomic E-state index is 0.0103. The van der Waals surface area contributed by atoms with E-state index in [0.717, 1.165) is 6.04 Å². The van der Waals surface area contributed by atoms with Crippen LogP contribution in [-0.2, 0) is 18.4 Å². The molecule has 0 amide bonds. The normalized spacial score (nSPS) is 31.3. The average Bonchev–Trinajstić information content (AvgIpc) is 2.94. The van der Waals surface area contributed by atoms with Crippen LogP contribution in [0.1, 0.15) is 61.8 Å². The molecule has 2 rings (SSSR count). The Hall–Kier alpha value is -1.17. The molecule has 0 spiro atoms. The van der Waals surface area contributed by atoms with E-state index in [1.165, 1.54) is 10.8 Å². The predicted molar refractivity (Wildman–Crippen MR) is 111 cm³/mol. The highest BCUT2D eigenvalue weighted by Crippen LogP contribution is 2.56. The first kappa shape index (κ1) is 22.1. The largest absolute Gasteiger partial charge is 0.460 e. The second-order valence-electron chi connectivity index (χ2n) is 9.34. The lowest BCUT2D eigenvalue weighted by Gasteiger charge is -2.30. The zero-order chi connectivity index (χ0) is 20.6. The van der Waals surface area contributed by atoms with Gasteiger partial charge in [-0.15, -0.1) is 6.58 Å². The maximum atomic E-state index is 12.5. The zero-order valence-electron chi connectivity index (χ0n) is 18.2. The van der Waals surface area contributed by atoms with E-state index in [9.17, 15) is 4.79 Å². The number of allylic oxidation sites excluding steroid dienone is 2. The molecule has 2 unspecified atom stereocenters. The van der Waals surface area contributed by atoms with Gasteiger partial charge in [0.05, 0.1) is 18.6 Å². The molecule has 5 heteroatoms. The highest BCUT2D eigenvalue weighted by Gasteiger charge is 2.64. The van der Waals surface area contributed by atoms with Crippen LogP contribution in [0.15, 0.2) is 35.6 Å². The minimum Gasteiger partial charge on any atom is -0.460 e. The van der Waals surface area contributed by atoms with Gasteiger partial charge in [0, 0.05) is 17.4 Å². The fourth-order valence-corrected chi connectivity index (χ4v) is 9.11. The number of hydrogen-bond donors (Lipinski definition) is 0. The molecule has 1 saturated heterocycles. The number of carbonyl (C=O) groups excluding carboxylic acids is 1. The summed E-state index contributed by atoms with van der Waals surface area (Å²) in [6, 6.07) is 0.769. The minimum atomic E-state index is -2.61. The van der Waals surface area contributed by atoms with Crippen LogP contribution in [-0.4, -0.2) is 32.3 Å². The topological polar surface area (TPSA) is 44.8 Å². The lowest BCUT2D eigenvalue weighted by molar-refractivity contribution is -0.157. The molecular formula is C22H36O4Si. The van der Waals surface area contributed by atoms with Gasteiger partial charge in [0.1, 0.15) is 5.60 Å². The summed E-state index contributed by atoms with van der Waals surface area (Å²) in [6.07, 6.45) is 6.15. The fourth-order valence-electron chi connectivity index (χ4n) is 4.35. The van der Waals surface area contributed by atoms with Crippen LogP contribution >= 0.6 is 0 Å². The van der Waals surface area contributed by atoms with Crippen molar-refractivity contribution in [1.29, 1.82) is 0 Å². The molecule has 0 aliphatic carbocycles. The molecule has 4 nitrogen and oxygen atoms in total. The van der Waals surface area contributed by atoms with Crippen molar-refractivity contribution in [3.8, 4) is 0 Å². The van der Waals surface area contributed by atoms with Gasteiger partial charge in [-0.1, -0.05) is 39.0 Å². The monoisotopic (exact) mass is 392 g/mol. The van der Waals surface area contributed by atoms with Gasteiger partial charge in [-0.2, -0.15) is 0 Å². The third-order valence-electron chi connectivity index (χ3n) is 5.54. The molecule has 152 valence electrons. The quantitative estimate of drug-likeness (QED) is 0.352. The summed E-state index contributed by atoms with van der Waals surface area (Å²) in [5.41, 5.74) is 0.506. The van der Waals surface area contributed by atoms with Crippen molar-refractivity contribution in [2.75, 3.05) is 0 Å². The van der Waals surface area contributed by atoms with Crippen LogP contribution < -0.4 is 0 Å². The third-order valence-corrected chi connectivity index (χ3v) is 9.42. The molecule has 2 heterocycles. The Bertz CT molecular complexity index is 656. The molecule has 0 radical (unpaired) electrons. The van der Waals surface area contributed by atoms with E-state index in [1.807, 2.05) is 39.8 Å². The van der Waals surface area contributed by atoms with Crippen molar-refractivity contribution in [3.05, 3.63) is 35.6 Å². The first-order chi connectivity index (χ1) is 12.4. The molecule has 0 bridgehead atoms. The summed E-state index contributed by atoms with van der Waals surface area (Å²) in [5, 5.41) is 1.31. The maximum Gasteiger partial charge on any atom is 0.373 e. The summed E-state index contributed by atoms with van der Waals surface area (Å²) < 4.78 is 18.8. The SMILES string of the molecule is C=C[C@H](C)C1O[Si]2(C/C=C\C)O[C@@H](CC(=O)OC(C)(C)C)C(C)(C)C2=C1C. The second kappa shape index (κ2) is 7.68. The number of hydrogen-bond acceptors (Lipinski definition) is 4.